The van der Waals surface area contributed by atoms with Crippen molar-refractivity contribution in [3.63, 3.8) is 0 Å². The highest BCUT2D eigenvalue weighted by Gasteiger charge is 2.43. The second-order valence-electron chi connectivity index (χ2n) is 6.97. The van der Waals surface area contributed by atoms with Crippen molar-refractivity contribution in [1.29, 1.82) is 0 Å². The van der Waals surface area contributed by atoms with Crippen LogP contribution in [0.3, 0.4) is 0 Å². The Balaban J connectivity index is 2.13. The summed E-state index contributed by atoms with van der Waals surface area (Å²) in [5.41, 5.74) is 0. The first kappa shape index (κ1) is 20.1. The van der Waals surface area contributed by atoms with E-state index in [4.69, 9.17) is 0 Å². The SMILES string of the molecule is CCCN(CC)C(=O)[C@@H]1CS(=O)(=O)C[C@H]1Nc1nc(CC(C)C)ns1. The smallest absolute Gasteiger partial charge is 0.228 e. The van der Waals surface area contributed by atoms with E-state index in [2.05, 4.69) is 28.5 Å². The number of anilines is 1. The van der Waals surface area contributed by atoms with Gasteiger partial charge in [-0.3, -0.25) is 4.79 Å². The molecule has 1 saturated heterocycles. The number of carbonyl (C=O) groups excluding carboxylic acids is 1. The molecule has 9 heteroatoms. The summed E-state index contributed by atoms with van der Waals surface area (Å²) >= 11 is 1.22. The van der Waals surface area contributed by atoms with Crippen LogP contribution in [0.1, 0.15) is 39.9 Å². The molecule has 2 atom stereocenters. The highest BCUT2D eigenvalue weighted by Crippen LogP contribution is 2.26. The van der Waals surface area contributed by atoms with Gasteiger partial charge in [-0.2, -0.15) is 4.37 Å². The van der Waals surface area contributed by atoms with Gasteiger partial charge in [-0.25, -0.2) is 13.4 Å². The molecule has 1 aromatic heterocycles. The van der Waals surface area contributed by atoms with Gasteiger partial charge in [0.15, 0.2) is 9.84 Å². The van der Waals surface area contributed by atoms with Crippen molar-refractivity contribution in [2.75, 3.05) is 29.9 Å². The number of carbonyl (C=O) groups is 1. The number of hydrogen-bond donors (Lipinski definition) is 1. The average molecular weight is 389 g/mol. The van der Waals surface area contributed by atoms with Crippen molar-refractivity contribution in [2.45, 2.75) is 46.6 Å². The minimum Gasteiger partial charge on any atom is -0.356 e. The van der Waals surface area contributed by atoms with Crippen molar-refractivity contribution >= 4 is 32.4 Å². The van der Waals surface area contributed by atoms with Gasteiger partial charge < -0.3 is 10.2 Å². The van der Waals surface area contributed by atoms with E-state index in [9.17, 15) is 13.2 Å². The fourth-order valence-electron chi connectivity index (χ4n) is 3.08. The number of hydrogen-bond acceptors (Lipinski definition) is 7. The number of nitrogens with one attached hydrogen (secondary N) is 1. The van der Waals surface area contributed by atoms with Crippen LogP contribution in [0.2, 0.25) is 0 Å². The molecule has 0 unspecified atom stereocenters. The van der Waals surface area contributed by atoms with Crippen LogP contribution in [-0.4, -0.2) is 59.2 Å². The Labute approximate surface area is 154 Å². The van der Waals surface area contributed by atoms with Crippen molar-refractivity contribution in [2.24, 2.45) is 11.8 Å². The Morgan fingerprint density at radius 1 is 1.36 bits per heavy atom. The summed E-state index contributed by atoms with van der Waals surface area (Å²) in [6.07, 6.45) is 1.63. The van der Waals surface area contributed by atoms with E-state index in [1.807, 2.05) is 13.8 Å². The largest absolute Gasteiger partial charge is 0.356 e. The molecule has 2 heterocycles. The average Bonchev–Trinajstić information content (AvgIpc) is 3.07. The summed E-state index contributed by atoms with van der Waals surface area (Å²) in [5, 5.41) is 3.75. The lowest BCUT2D eigenvalue weighted by Gasteiger charge is -2.26. The van der Waals surface area contributed by atoms with E-state index in [1.165, 1.54) is 11.5 Å². The first-order valence-corrected chi connectivity index (χ1v) is 11.4. The Bertz CT molecular complexity index is 687. The first-order chi connectivity index (χ1) is 11.8. The van der Waals surface area contributed by atoms with Gasteiger partial charge in [0.25, 0.3) is 0 Å². The minimum atomic E-state index is -3.23. The topological polar surface area (TPSA) is 92.3 Å². The van der Waals surface area contributed by atoms with E-state index >= 15 is 0 Å². The van der Waals surface area contributed by atoms with Crippen LogP contribution in [-0.2, 0) is 21.1 Å². The standard InChI is InChI=1S/C16H28N4O3S2/c1-5-7-20(6-2)15(21)12-9-25(22,23)10-13(12)17-16-18-14(19-24-16)8-11(3)4/h11-13H,5-10H2,1-4H3,(H,17,18,19)/t12-,13-/m1/s1. The lowest BCUT2D eigenvalue weighted by Crippen LogP contribution is -2.43. The van der Waals surface area contributed by atoms with Crippen LogP contribution < -0.4 is 5.32 Å². The Morgan fingerprint density at radius 3 is 2.68 bits per heavy atom. The zero-order chi connectivity index (χ0) is 18.6. The van der Waals surface area contributed by atoms with E-state index in [0.717, 1.165) is 18.7 Å². The van der Waals surface area contributed by atoms with Crippen LogP contribution in [0.5, 0.6) is 0 Å². The van der Waals surface area contributed by atoms with E-state index in [0.29, 0.717) is 24.1 Å². The third-order valence-electron chi connectivity index (χ3n) is 4.22. The molecule has 0 aliphatic carbocycles. The molecule has 7 nitrogen and oxygen atoms in total. The molecule has 1 aliphatic rings. The monoisotopic (exact) mass is 388 g/mol. The summed E-state index contributed by atoms with van der Waals surface area (Å²) in [7, 11) is -3.23. The molecule has 0 radical (unpaired) electrons. The Hall–Kier alpha value is -1.22. The van der Waals surface area contributed by atoms with Crippen molar-refractivity contribution in [3.8, 4) is 0 Å². The number of aromatic nitrogens is 2. The highest BCUT2D eigenvalue weighted by atomic mass is 32.2. The van der Waals surface area contributed by atoms with Gasteiger partial charge in [-0.1, -0.05) is 20.8 Å². The maximum absolute atomic E-state index is 12.8. The number of nitrogens with zero attached hydrogens (tertiary/aromatic N) is 3. The van der Waals surface area contributed by atoms with Gasteiger partial charge in [0.05, 0.1) is 23.5 Å². The van der Waals surface area contributed by atoms with Gasteiger partial charge in [-0.05, 0) is 19.3 Å². The third kappa shape index (κ3) is 5.37. The summed E-state index contributed by atoms with van der Waals surface area (Å²) in [6, 6.07) is -0.441. The summed E-state index contributed by atoms with van der Waals surface area (Å²) < 4.78 is 28.6. The lowest BCUT2D eigenvalue weighted by molar-refractivity contribution is -0.134. The number of amides is 1. The fourth-order valence-corrected chi connectivity index (χ4v) is 5.66. The van der Waals surface area contributed by atoms with Crippen LogP contribution in [0, 0.1) is 11.8 Å². The molecule has 25 heavy (non-hydrogen) atoms. The van der Waals surface area contributed by atoms with Gasteiger partial charge in [0.1, 0.15) is 5.82 Å². The summed E-state index contributed by atoms with van der Waals surface area (Å²) in [4.78, 5) is 19.0. The molecule has 1 aromatic rings. The second-order valence-corrected chi connectivity index (χ2v) is 9.87. The normalized spacial score (nSPS) is 22.3. The fraction of sp³-hybridized carbons (Fsp3) is 0.812. The summed E-state index contributed by atoms with van der Waals surface area (Å²) in [6.45, 7) is 9.36. The summed E-state index contributed by atoms with van der Waals surface area (Å²) in [5.74, 6) is 0.431. The highest BCUT2D eigenvalue weighted by molar-refractivity contribution is 7.91. The number of sulfone groups is 1. The first-order valence-electron chi connectivity index (χ1n) is 8.84. The van der Waals surface area contributed by atoms with Gasteiger partial charge in [0.2, 0.25) is 11.0 Å². The third-order valence-corrected chi connectivity index (χ3v) is 6.64. The molecule has 142 valence electrons. The molecular weight excluding hydrogens is 360 g/mol. The molecule has 0 bridgehead atoms. The van der Waals surface area contributed by atoms with Crippen molar-refractivity contribution in [3.05, 3.63) is 5.82 Å². The molecule has 0 saturated carbocycles. The van der Waals surface area contributed by atoms with Gasteiger partial charge in [0, 0.05) is 31.0 Å². The van der Waals surface area contributed by atoms with E-state index in [-0.39, 0.29) is 17.4 Å². The second kappa shape index (κ2) is 8.44. The van der Waals surface area contributed by atoms with Crippen LogP contribution >= 0.6 is 11.5 Å². The van der Waals surface area contributed by atoms with Crippen molar-refractivity contribution in [1.82, 2.24) is 14.3 Å². The predicted octanol–water partition coefficient (Wildman–Crippen LogP) is 1.82. The molecule has 1 fully saturated rings. The van der Waals surface area contributed by atoms with Crippen LogP contribution in [0.15, 0.2) is 0 Å². The van der Waals surface area contributed by atoms with Gasteiger partial charge in [-0.15, -0.1) is 0 Å². The zero-order valence-corrected chi connectivity index (χ0v) is 17.0. The van der Waals surface area contributed by atoms with E-state index < -0.39 is 21.8 Å². The zero-order valence-electron chi connectivity index (χ0n) is 15.4. The maximum atomic E-state index is 12.8. The molecular formula is C16H28N4O3S2. The number of rotatable bonds is 8. The Morgan fingerprint density at radius 2 is 2.08 bits per heavy atom. The van der Waals surface area contributed by atoms with Crippen LogP contribution in [0.4, 0.5) is 5.13 Å². The van der Waals surface area contributed by atoms with Crippen LogP contribution in [0.25, 0.3) is 0 Å². The van der Waals surface area contributed by atoms with Crippen molar-refractivity contribution < 1.29 is 13.2 Å². The maximum Gasteiger partial charge on any atom is 0.228 e. The molecule has 2 rings (SSSR count). The minimum absolute atomic E-state index is 0.0355. The molecule has 1 N–H and O–H groups in total. The molecule has 1 amide bonds. The molecule has 0 spiro atoms. The molecule has 0 aromatic carbocycles. The quantitative estimate of drug-likeness (QED) is 0.730. The molecule has 1 aliphatic heterocycles. The van der Waals surface area contributed by atoms with Gasteiger partial charge >= 0.3 is 0 Å². The lowest BCUT2D eigenvalue weighted by atomic mass is 10.0. The Kier molecular flexibility index (Phi) is 6.79. The van der Waals surface area contributed by atoms with E-state index in [1.54, 1.807) is 4.90 Å². The predicted molar refractivity (Wildman–Crippen MR) is 101 cm³/mol.